The van der Waals surface area contributed by atoms with Gasteiger partial charge < -0.3 is 4.57 Å². The normalized spacial score (nSPS) is 11.4. The molecule has 0 aliphatic carbocycles. The third-order valence-corrected chi connectivity index (χ3v) is 5.66. The second kappa shape index (κ2) is 6.66. The van der Waals surface area contributed by atoms with Crippen molar-refractivity contribution in [3.8, 4) is 0 Å². The molecule has 0 spiro atoms. The van der Waals surface area contributed by atoms with Crippen LogP contribution in [-0.4, -0.2) is 18.0 Å². The molecule has 0 bridgehead atoms. The van der Waals surface area contributed by atoms with E-state index in [1.54, 1.807) is 30.5 Å². The fourth-order valence-electron chi connectivity index (χ4n) is 1.99. The molecule has 124 valence electrons. The summed E-state index contributed by atoms with van der Waals surface area (Å²) in [6, 6.07) is 11.8. The smallest absolute Gasteiger partial charge is 0.261 e. The van der Waals surface area contributed by atoms with E-state index in [1.165, 1.54) is 30.0 Å². The van der Waals surface area contributed by atoms with E-state index in [2.05, 4.69) is 9.71 Å². The second-order valence-electron chi connectivity index (χ2n) is 5.01. The highest BCUT2D eigenvalue weighted by Gasteiger charge is 2.14. The first-order valence-corrected chi connectivity index (χ1v) is 9.28. The first-order valence-electron chi connectivity index (χ1n) is 6.98. The maximum absolute atomic E-state index is 13.2. The van der Waals surface area contributed by atoms with E-state index in [4.69, 9.17) is 0 Å². The Morgan fingerprint density at radius 2 is 1.92 bits per heavy atom. The third kappa shape index (κ3) is 3.77. The van der Waals surface area contributed by atoms with E-state index >= 15 is 0 Å². The number of nitrogens with zero attached hydrogens (tertiary/aromatic N) is 2. The molecule has 1 N–H and O–H groups in total. The summed E-state index contributed by atoms with van der Waals surface area (Å²) in [7, 11) is -1.92. The Bertz CT molecular complexity index is 953. The van der Waals surface area contributed by atoms with E-state index in [1.807, 2.05) is 17.8 Å². The van der Waals surface area contributed by atoms with Gasteiger partial charge in [-0.25, -0.2) is 17.8 Å². The number of anilines is 1. The number of sulfonamides is 1. The molecular weight excluding hydrogens is 349 g/mol. The predicted molar refractivity (Wildman–Crippen MR) is 91.0 cm³/mol. The number of hydrogen-bond acceptors (Lipinski definition) is 4. The first-order chi connectivity index (χ1) is 11.4. The molecule has 8 heteroatoms. The van der Waals surface area contributed by atoms with Crippen LogP contribution in [0, 0.1) is 5.82 Å². The van der Waals surface area contributed by atoms with Gasteiger partial charge in [0.1, 0.15) is 5.82 Å². The van der Waals surface area contributed by atoms with Crippen molar-refractivity contribution in [2.24, 2.45) is 7.05 Å². The Kier molecular flexibility index (Phi) is 4.59. The summed E-state index contributed by atoms with van der Waals surface area (Å²) in [6.07, 6.45) is 3.56. The lowest BCUT2D eigenvalue weighted by Gasteiger charge is -2.09. The topological polar surface area (TPSA) is 64.0 Å². The first kappa shape index (κ1) is 16.5. The minimum atomic E-state index is -3.82. The summed E-state index contributed by atoms with van der Waals surface area (Å²) in [5.41, 5.74) is 0.406. The quantitative estimate of drug-likeness (QED) is 0.753. The number of aromatic nitrogens is 2. The van der Waals surface area contributed by atoms with Gasteiger partial charge >= 0.3 is 0 Å². The number of nitrogens with one attached hydrogen (secondary N) is 1. The monoisotopic (exact) mass is 363 g/mol. The summed E-state index contributed by atoms with van der Waals surface area (Å²) in [6.45, 7) is 0. The van der Waals surface area contributed by atoms with Crippen molar-refractivity contribution in [3.63, 3.8) is 0 Å². The van der Waals surface area contributed by atoms with Gasteiger partial charge in [0.05, 0.1) is 4.90 Å². The van der Waals surface area contributed by atoms with Crippen molar-refractivity contribution in [3.05, 3.63) is 66.7 Å². The number of imidazole rings is 1. The zero-order valence-electron chi connectivity index (χ0n) is 12.7. The Labute approximate surface area is 143 Å². The number of aryl methyl sites for hydroxylation is 1. The molecule has 0 atom stereocenters. The molecule has 3 rings (SSSR count). The van der Waals surface area contributed by atoms with Gasteiger partial charge in [-0.3, -0.25) is 4.72 Å². The van der Waals surface area contributed by atoms with Crippen molar-refractivity contribution < 1.29 is 12.8 Å². The fraction of sp³-hybridized carbons (Fsp3) is 0.0625. The maximum atomic E-state index is 13.2. The van der Waals surface area contributed by atoms with Gasteiger partial charge in [0, 0.05) is 30.0 Å². The van der Waals surface area contributed by atoms with Gasteiger partial charge in [0.25, 0.3) is 10.0 Å². The van der Waals surface area contributed by atoms with Crippen LogP contribution in [0.4, 0.5) is 10.1 Å². The molecule has 0 saturated carbocycles. The number of halogens is 1. The molecule has 0 radical (unpaired) electrons. The van der Waals surface area contributed by atoms with E-state index in [0.29, 0.717) is 5.69 Å². The van der Waals surface area contributed by atoms with Crippen molar-refractivity contribution in [2.75, 3.05) is 4.72 Å². The average Bonchev–Trinajstić information content (AvgIpc) is 2.94. The van der Waals surface area contributed by atoms with Gasteiger partial charge in [0.2, 0.25) is 0 Å². The van der Waals surface area contributed by atoms with Gasteiger partial charge in [-0.15, -0.1) is 0 Å². The summed E-state index contributed by atoms with van der Waals surface area (Å²) >= 11 is 1.47. The van der Waals surface area contributed by atoms with Crippen molar-refractivity contribution in [2.45, 2.75) is 14.9 Å². The maximum Gasteiger partial charge on any atom is 0.261 e. The van der Waals surface area contributed by atoms with Crippen LogP contribution in [-0.2, 0) is 17.1 Å². The Hall–Kier alpha value is -2.32. The van der Waals surface area contributed by atoms with Gasteiger partial charge in [-0.2, -0.15) is 0 Å². The molecule has 0 amide bonds. The van der Waals surface area contributed by atoms with Gasteiger partial charge in [0.15, 0.2) is 5.16 Å². The molecule has 0 saturated heterocycles. The van der Waals surface area contributed by atoms with Crippen LogP contribution in [0.15, 0.2) is 75.9 Å². The van der Waals surface area contributed by atoms with Crippen molar-refractivity contribution in [1.82, 2.24) is 9.55 Å². The van der Waals surface area contributed by atoms with Crippen LogP contribution >= 0.6 is 11.8 Å². The minimum absolute atomic E-state index is 0.117. The fourth-order valence-corrected chi connectivity index (χ4v) is 3.89. The molecule has 0 unspecified atom stereocenters. The molecule has 1 aromatic heterocycles. The highest BCUT2D eigenvalue weighted by molar-refractivity contribution is 7.99. The summed E-state index contributed by atoms with van der Waals surface area (Å²) in [5.74, 6) is -0.598. The largest absolute Gasteiger partial charge is 0.329 e. The SMILES string of the molecule is Cn1ccnc1Sc1ccc(NS(=O)(=O)c2cccc(F)c2)cc1. The lowest BCUT2D eigenvalue weighted by molar-refractivity contribution is 0.595. The summed E-state index contributed by atoms with van der Waals surface area (Å²) in [4.78, 5) is 5.03. The van der Waals surface area contributed by atoms with Crippen LogP contribution in [0.2, 0.25) is 0 Å². The highest BCUT2D eigenvalue weighted by Crippen LogP contribution is 2.27. The summed E-state index contributed by atoms with van der Waals surface area (Å²) in [5, 5.41) is 0.836. The van der Waals surface area contributed by atoms with Crippen LogP contribution in [0.1, 0.15) is 0 Å². The molecule has 0 aliphatic heterocycles. The van der Waals surface area contributed by atoms with Crippen LogP contribution < -0.4 is 4.72 Å². The standard InChI is InChI=1S/C16H14FN3O2S2/c1-20-10-9-18-16(20)23-14-7-5-13(6-8-14)19-24(21,22)15-4-2-3-12(17)11-15/h2-11,19H,1H3. The molecule has 3 aromatic rings. The van der Waals surface area contributed by atoms with Gasteiger partial charge in [-0.1, -0.05) is 17.8 Å². The number of benzene rings is 2. The molecule has 0 fully saturated rings. The lowest BCUT2D eigenvalue weighted by Crippen LogP contribution is -2.13. The molecule has 2 aromatic carbocycles. The highest BCUT2D eigenvalue weighted by atomic mass is 32.2. The number of rotatable bonds is 5. The van der Waals surface area contributed by atoms with Crippen LogP contribution in [0.5, 0.6) is 0 Å². The lowest BCUT2D eigenvalue weighted by atomic mass is 10.3. The molecule has 24 heavy (non-hydrogen) atoms. The zero-order chi connectivity index (χ0) is 17.2. The van der Waals surface area contributed by atoms with E-state index in [-0.39, 0.29) is 4.90 Å². The Morgan fingerprint density at radius 1 is 1.17 bits per heavy atom. The molecule has 0 aliphatic rings. The third-order valence-electron chi connectivity index (χ3n) is 3.20. The average molecular weight is 363 g/mol. The van der Waals surface area contributed by atoms with E-state index in [0.717, 1.165) is 16.1 Å². The Morgan fingerprint density at radius 3 is 2.54 bits per heavy atom. The van der Waals surface area contributed by atoms with Crippen LogP contribution in [0.25, 0.3) is 0 Å². The van der Waals surface area contributed by atoms with E-state index in [9.17, 15) is 12.8 Å². The molecule has 5 nitrogen and oxygen atoms in total. The van der Waals surface area contributed by atoms with Crippen molar-refractivity contribution >= 4 is 27.5 Å². The molecular formula is C16H14FN3O2S2. The Balaban J connectivity index is 1.75. The second-order valence-corrected chi connectivity index (χ2v) is 7.73. The van der Waals surface area contributed by atoms with E-state index < -0.39 is 15.8 Å². The predicted octanol–water partition coefficient (Wildman–Crippen LogP) is 3.51. The van der Waals surface area contributed by atoms with Crippen LogP contribution in [0.3, 0.4) is 0 Å². The van der Waals surface area contributed by atoms with Crippen molar-refractivity contribution in [1.29, 1.82) is 0 Å². The minimum Gasteiger partial charge on any atom is -0.329 e. The summed E-state index contributed by atoms with van der Waals surface area (Å²) < 4.78 is 42.0. The molecule has 1 heterocycles. The van der Waals surface area contributed by atoms with Gasteiger partial charge in [-0.05, 0) is 42.5 Å². The number of hydrogen-bond donors (Lipinski definition) is 1. The zero-order valence-corrected chi connectivity index (χ0v) is 14.3.